The number of hydrogen-bond donors (Lipinski definition) is 2. The molecule has 2 saturated carbocycles. The third-order valence-electron chi connectivity index (χ3n) is 4.79. The molecule has 0 amide bonds. The topological polar surface area (TPSA) is 126 Å². The monoisotopic (exact) mass is 328 g/mol. The van der Waals surface area contributed by atoms with Crippen LogP contribution in [0.25, 0.3) is 0 Å². The molecule has 0 aromatic carbocycles. The molecule has 3 unspecified atom stereocenters. The number of fused-ring (bicyclic) bond motifs is 2. The summed E-state index contributed by atoms with van der Waals surface area (Å²) >= 11 is 0. The summed E-state index contributed by atoms with van der Waals surface area (Å²) in [4.78, 5) is 12.0. The Bertz CT molecular complexity index is 609. The minimum atomic E-state index is -4.24. The van der Waals surface area contributed by atoms with Gasteiger partial charge in [-0.15, -0.1) is 0 Å². The van der Waals surface area contributed by atoms with E-state index in [0.29, 0.717) is 12.7 Å². The molecule has 2 fully saturated rings. The Morgan fingerprint density at radius 3 is 1.70 bits per heavy atom. The zero-order chi connectivity index (χ0) is 16.1. The lowest BCUT2D eigenvalue weighted by molar-refractivity contribution is -0.128. The third kappa shape index (κ3) is 2.90. The standard InChI is InChI=1S/C10H16O4S.CH4O3S/c1-9(2)6-4-5-10(9,3)8(11)7(6)15(12,13)14;1-5(2,3)4/h6-7H,4-5H2,1-3H3,(H,12,13,14);1H3,(H,2,3,4). The van der Waals surface area contributed by atoms with Gasteiger partial charge in [-0.3, -0.25) is 13.9 Å². The van der Waals surface area contributed by atoms with Crippen molar-refractivity contribution in [3.63, 3.8) is 0 Å². The van der Waals surface area contributed by atoms with Crippen LogP contribution < -0.4 is 0 Å². The highest BCUT2D eigenvalue weighted by Gasteiger charge is 2.69. The molecular weight excluding hydrogens is 308 g/mol. The molecular formula is C11H20O7S2. The number of ketones is 1. The molecule has 20 heavy (non-hydrogen) atoms. The molecule has 118 valence electrons. The molecule has 2 rings (SSSR count). The van der Waals surface area contributed by atoms with Gasteiger partial charge in [0.25, 0.3) is 20.2 Å². The fourth-order valence-corrected chi connectivity index (χ4v) is 4.77. The lowest BCUT2D eigenvalue weighted by atomic mass is 9.70. The Hall–Kier alpha value is -0.510. The van der Waals surface area contributed by atoms with Gasteiger partial charge in [-0.2, -0.15) is 16.8 Å². The highest BCUT2D eigenvalue weighted by Crippen LogP contribution is 2.64. The van der Waals surface area contributed by atoms with Crippen LogP contribution in [0, 0.1) is 16.7 Å². The first-order chi connectivity index (χ1) is 8.62. The maximum absolute atomic E-state index is 12.0. The zero-order valence-corrected chi connectivity index (χ0v) is 13.5. The van der Waals surface area contributed by atoms with Gasteiger partial charge in [0.15, 0.2) is 5.78 Å². The quantitative estimate of drug-likeness (QED) is 0.681. The molecule has 2 aliphatic rings. The number of carbonyl (C=O) groups is 1. The van der Waals surface area contributed by atoms with Gasteiger partial charge in [-0.05, 0) is 24.2 Å². The summed E-state index contributed by atoms with van der Waals surface area (Å²) in [6, 6.07) is 0. The highest BCUT2D eigenvalue weighted by molar-refractivity contribution is 7.87. The predicted molar refractivity (Wildman–Crippen MR) is 72.4 cm³/mol. The van der Waals surface area contributed by atoms with E-state index < -0.39 is 30.9 Å². The molecule has 3 atom stereocenters. The van der Waals surface area contributed by atoms with Crippen molar-refractivity contribution in [3.05, 3.63) is 0 Å². The van der Waals surface area contributed by atoms with E-state index in [2.05, 4.69) is 0 Å². The number of hydrogen-bond acceptors (Lipinski definition) is 5. The van der Waals surface area contributed by atoms with E-state index in [1.54, 1.807) is 0 Å². The van der Waals surface area contributed by atoms with Gasteiger partial charge in [-0.25, -0.2) is 0 Å². The van der Waals surface area contributed by atoms with Crippen molar-refractivity contribution in [1.29, 1.82) is 0 Å². The summed E-state index contributed by atoms with van der Waals surface area (Å²) in [6.07, 6.45) is 2.15. The molecule has 0 radical (unpaired) electrons. The molecule has 0 heterocycles. The Labute approximate surface area is 119 Å². The van der Waals surface area contributed by atoms with E-state index >= 15 is 0 Å². The SMILES string of the molecule is CC12CCC(C(S(=O)(=O)O)C1=O)C2(C)C.CS(=O)(=O)O. The number of rotatable bonds is 1. The van der Waals surface area contributed by atoms with Gasteiger partial charge in [0, 0.05) is 5.41 Å². The molecule has 2 bridgehead atoms. The molecule has 7 nitrogen and oxygen atoms in total. The van der Waals surface area contributed by atoms with Crippen molar-refractivity contribution in [2.45, 2.75) is 38.9 Å². The van der Waals surface area contributed by atoms with Crippen LogP contribution in [0.5, 0.6) is 0 Å². The third-order valence-corrected chi connectivity index (χ3v) is 5.98. The normalized spacial score (nSPS) is 35.6. The lowest BCUT2D eigenvalue weighted by Gasteiger charge is -2.32. The Morgan fingerprint density at radius 2 is 1.50 bits per heavy atom. The smallest absolute Gasteiger partial charge is 0.275 e. The fourth-order valence-electron chi connectivity index (χ4n) is 3.35. The van der Waals surface area contributed by atoms with Crippen molar-refractivity contribution in [1.82, 2.24) is 0 Å². The average Bonchev–Trinajstić information content (AvgIpc) is 2.45. The van der Waals surface area contributed by atoms with Crippen molar-refractivity contribution in [2.75, 3.05) is 6.26 Å². The first kappa shape index (κ1) is 17.5. The molecule has 0 aromatic heterocycles. The van der Waals surface area contributed by atoms with Crippen LogP contribution in [-0.2, 0) is 25.0 Å². The molecule has 0 aliphatic heterocycles. The van der Waals surface area contributed by atoms with E-state index in [-0.39, 0.29) is 17.1 Å². The second kappa shape index (κ2) is 4.75. The van der Waals surface area contributed by atoms with Crippen LogP contribution in [0.3, 0.4) is 0 Å². The highest BCUT2D eigenvalue weighted by atomic mass is 32.2. The molecule has 9 heteroatoms. The maximum atomic E-state index is 12.0. The molecule has 0 aromatic rings. The zero-order valence-electron chi connectivity index (χ0n) is 11.8. The first-order valence-corrected chi connectivity index (χ1v) is 9.40. The van der Waals surface area contributed by atoms with Crippen molar-refractivity contribution in [2.24, 2.45) is 16.7 Å². The van der Waals surface area contributed by atoms with Crippen LogP contribution >= 0.6 is 0 Å². The van der Waals surface area contributed by atoms with Crippen molar-refractivity contribution in [3.8, 4) is 0 Å². The van der Waals surface area contributed by atoms with Gasteiger partial charge < -0.3 is 0 Å². The maximum Gasteiger partial charge on any atom is 0.275 e. The summed E-state index contributed by atoms with van der Waals surface area (Å²) in [5, 5.41) is -1.19. The van der Waals surface area contributed by atoms with Crippen molar-refractivity contribution < 1.29 is 30.7 Å². The molecule has 2 aliphatic carbocycles. The van der Waals surface area contributed by atoms with E-state index in [4.69, 9.17) is 9.11 Å². The average molecular weight is 328 g/mol. The Morgan fingerprint density at radius 1 is 1.10 bits per heavy atom. The van der Waals surface area contributed by atoms with Gasteiger partial charge in [-0.1, -0.05) is 20.8 Å². The molecule has 2 N–H and O–H groups in total. The summed E-state index contributed by atoms with van der Waals surface area (Å²) in [5.74, 6) is -0.531. The van der Waals surface area contributed by atoms with Crippen LogP contribution in [0.1, 0.15) is 33.6 Å². The van der Waals surface area contributed by atoms with Gasteiger partial charge >= 0.3 is 0 Å². The van der Waals surface area contributed by atoms with Gasteiger partial charge in [0.2, 0.25) is 0 Å². The van der Waals surface area contributed by atoms with E-state index in [9.17, 15) is 21.6 Å². The Balaban J connectivity index is 0.000000347. The fraction of sp³-hybridized carbons (Fsp3) is 0.909. The summed E-state index contributed by atoms with van der Waals surface area (Å²) in [7, 11) is -7.91. The number of Topliss-reactive ketones (excluding diaryl/α,β-unsaturated/α-hetero) is 1. The van der Waals surface area contributed by atoms with Gasteiger partial charge in [0.1, 0.15) is 5.25 Å². The van der Waals surface area contributed by atoms with Crippen LogP contribution in [0.4, 0.5) is 0 Å². The summed E-state index contributed by atoms with van der Waals surface area (Å²) in [5.41, 5.74) is -0.914. The molecule has 0 saturated heterocycles. The second-order valence-electron chi connectivity index (χ2n) is 6.23. The number of carbonyl (C=O) groups excluding carboxylic acids is 1. The minimum absolute atomic E-state index is 0.231. The van der Waals surface area contributed by atoms with E-state index in [1.807, 2.05) is 20.8 Å². The second-order valence-corrected chi connectivity index (χ2v) is 9.24. The van der Waals surface area contributed by atoms with E-state index in [0.717, 1.165) is 6.42 Å². The molecule has 0 spiro atoms. The predicted octanol–water partition coefficient (Wildman–Crippen LogP) is 0.772. The van der Waals surface area contributed by atoms with Crippen LogP contribution in [0.2, 0.25) is 0 Å². The lowest BCUT2D eigenvalue weighted by Crippen LogP contribution is -2.38. The first-order valence-electron chi connectivity index (χ1n) is 6.05. The summed E-state index contributed by atoms with van der Waals surface area (Å²) in [6.45, 7) is 5.67. The summed E-state index contributed by atoms with van der Waals surface area (Å²) < 4.78 is 57.4. The van der Waals surface area contributed by atoms with Gasteiger partial charge in [0.05, 0.1) is 6.26 Å². The minimum Gasteiger partial charge on any atom is -0.297 e. The van der Waals surface area contributed by atoms with Crippen LogP contribution in [0.15, 0.2) is 0 Å². The van der Waals surface area contributed by atoms with Crippen LogP contribution in [-0.4, -0.2) is 43.2 Å². The van der Waals surface area contributed by atoms with Crippen molar-refractivity contribution >= 4 is 26.0 Å². The largest absolute Gasteiger partial charge is 0.297 e. The van der Waals surface area contributed by atoms with E-state index in [1.165, 1.54) is 0 Å². The Kier molecular flexibility index (Phi) is 4.17.